The Balaban J connectivity index is 0.00000312. The van der Waals surface area contributed by atoms with E-state index >= 15 is 0 Å². The molecule has 1 aromatic carbocycles. The van der Waals surface area contributed by atoms with Gasteiger partial charge in [0.1, 0.15) is 6.10 Å². The number of aliphatic imine (C=N–C) groups is 1. The minimum Gasteiger partial charge on any atom is -0.486 e. The summed E-state index contributed by atoms with van der Waals surface area (Å²) in [4.78, 5) is 6.43. The lowest BCUT2D eigenvalue weighted by Gasteiger charge is -2.26. The van der Waals surface area contributed by atoms with E-state index in [2.05, 4.69) is 15.2 Å². The molecule has 0 radical (unpaired) electrons. The monoisotopic (exact) mass is 465 g/mol. The van der Waals surface area contributed by atoms with Gasteiger partial charge >= 0.3 is 0 Å². The Morgan fingerprint density at radius 3 is 2.84 bits per heavy atom. The smallest absolute Gasteiger partial charge is 0.193 e. The highest BCUT2D eigenvalue weighted by molar-refractivity contribution is 14.0. The van der Waals surface area contributed by atoms with Gasteiger partial charge in [0.2, 0.25) is 0 Å². The van der Waals surface area contributed by atoms with Crippen LogP contribution in [0.2, 0.25) is 0 Å². The van der Waals surface area contributed by atoms with E-state index in [1.54, 1.807) is 25.2 Å². The Labute approximate surface area is 167 Å². The third kappa shape index (κ3) is 6.97. The molecular formula is C18H29FIN3O2. The Bertz CT molecular complexity index is 539. The van der Waals surface area contributed by atoms with Crippen molar-refractivity contribution in [1.29, 1.82) is 0 Å². The SMILES string of the molecule is CCC(CNC(=NC)N(C)CC1CCOC1)Oc1ccccc1F.I. The molecule has 142 valence electrons. The summed E-state index contributed by atoms with van der Waals surface area (Å²) in [7, 11) is 3.79. The maximum Gasteiger partial charge on any atom is 0.193 e. The molecule has 2 rings (SSSR count). The summed E-state index contributed by atoms with van der Waals surface area (Å²) in [6.45, 7) is 5.16. The molecule has 1 heterocycles. The summed E-state index contributed by atoms with van der Waals surface area (Å²) in [5, 5.41) is 3.32. The molecule has 25 heavy (non-hydrogen) atoms. The van der Waals surface area contributed by atoms with Gasteiger partial charge in [-0.15, -0.1) is 24.0 Å². The lowest BCUT2D eigenvalue weighted by Crippen LogP contribution is -2.45. The van der Waals surface area contributed by atoms with Crippen LogP contribution in [0.15, 0.2) is 29.3 Å². The van der Waals surface area contributed by atoms with Gasteiger partial charge in [-0.3, -0.25) is 4.99 Å². The predicted molar refractivity (Wildman–Crippen MR) is 109 cm³/mol. The van der Waals surface area contributed by atoms with Gasteiger partial charge in [0.05, 0.1) is 13.2 Å². The average Bonchev–Trinajstić information content (AvgIpc) is 3.09. The Morgan fingerprint density at radius 2 is 2.24 bits per heavy atom. The summed E-state index contributed by atoms with van der Waals surface area (Å²) in [5.74, 6) is 1.32. The maximum absolute atomic E-state index is 13.7. The second-order valence-corrected chi connectivity index (χ2v) is 6.12. The molecule has 0 aromatic heterocycles. The fourth-order valence-corrected chi connectivity index (χ4v) is 2.78. The van der Waals surface area contributed by atoms with Crippen molar-refractivity contribution in [2.24, 2.45) is 10.9 Å². The lowest BCUT2D eigenvalue weighted by molar-refractivity contribution is 0.179. The number of hydrogen-bond donors (Lipinski definition) is 1. The summed E-state index contributed by atoms with van der Waals surface area (Å²) in [6.07, 6.45) is 1.75. The number of rotatable bonds is 7. The van der Waals surface area contributed by atoms with Gasteiger partial charge in [-0.2, -0.15) is 0 Å². The van der Waals surface area contributed by atoms with E-state index in [0.717, 1.165) is 38.6 Å². The number of para-hydroxylation sites is 1. The van der Waals surface area contributed by atoms with Crippen LogP contribution in [0.4, 0.5) is 4.39 Å². The lowest BCUT2D eigenvalue weighted by atomic mass is 10.1. The zero-order valence-corrected chi connectivity index (χ0v) is 17.5. The Kier molecular flexibility index (Phi) is 10.1. The van der Waals surface area contributed by atoms with Crippen molar-refractivity contribution in [3.8, 4) is 5.75 Å². The second-order valence-electron chi connectivity index (χ2n) is 6.12. The third-order valence-corrected chi connectivity index (χ3v) is 4.20. The van der Waals surface area contributed by atoms with Crippen molar-refractivity contribution in [2.75, 3.05) is 40.4 Å². The summed E-state index contributed by atoms with van der Waals surface area (Å²) >= 11 is 0. The molecule has 0 aliphatic carbocycles. The topological polar surface area (TPSA) is 46.1 Å². The largest absolute Gasteiger partial charge is 0.486 e. The van der Waals surface area contributed by atoms with E-state index in [9.17, 15) is 4.39 Å². The van der Waals surface area contributed by atoms with Crippen LogP contribution >= 0.6 is 24.0 Å². The van der Waals surface area contributed by atoms with E-state index in [-0.39, 0.29) is 41.6 Å². The number of hydrogen-bond acceptors (Lipinski definition) is 3. The number of nitrogens with zero attached hydrogens (tertiary/aromatic N) is 2. The zero-order chi connectivity index (χ0) is 17.4. The van der Waals surface area contributed by atoms with E-state index in [4.69, 9.17) is 9.47 Å². The first-order valence-electron chi connectivity index (χ1n) is 8.54. The standard InChI is InChI=1S/C18H28FN3O2.HI/c1-4-15(24-17-8-6-5-7-16(17)19)11-21-18(20-2)22(3)12-14-9-10-23-13-14;/h5-8,14-15H,4,9-13H2,1-3H3,(H,20,21);1H. The maximum atomic E-state index is 13.7. The quantitative estimate of drug-likeness (QED) is 0.382. The molecule has 1 aliphatic rings. The first kappa shape index (κ1) is 22.0. The van der Waals surface area contributed by atoms with Crippen molar-refractivity contribution in [1.82, 2.24) is 10.2 Å². The van der Waals surface area contributed by atoms with Crippen molar-refractivity contribution in [3.05, 3.63) is 30.1 Å². The van der Waals surface area contributed by atoms with Crippen molar-refractivity contribution in [2.45, 2.75) is 25.9 Å². The zero-order valence-electron chi connectivity index (χ0n) is 15.2. The molecule has 1 aliphatic heterocycles. The number of benzene rings is 1. The van der Waals surface area contributed by atoms with Crippen molar-refractivity contribution >= 4 is 29.9 Å². The molecule has 0 amide bonds. The molecule has 0 spiro atoms. The van der Waals surface area contributed by atoms with E-state index < -0.39 is 0 Å². The minimum absolute atomic E-state index is 0. The molecule has 2 atom stereocenters. The van der Waals surface area contributed by atoms with Crippen LogP contribution in [0, 0.1) is 11.7 Å². The third-order valence-electron chi connectivity index (χ3n) is 4.20. The van der Waals surface area contributed by atoms with Crippen molar-refractivity contribution in [3.63, 3.8) is 0 Å². The normalized spacial score (nSPS) is 18.4. The molecule has 0 bridgehead atoms. The molecule has 1 fully saturated rings. The Morgan fingerprint density at radius 1 is 1.48 bits per heavy atom. The molecular weight excluding hydrogens is 436 g/mol. The molecule has 0 saturated carbocycles. The summed E-state index contributed by atoms with van der Waals surface area (Å²) in [5.41, 5.74) is 0. The highest BCUT2D eigenvalue weighted by Crippen LogP contribution is 2.18. The minimum atomic E-state index is -0.335. The Hall–Kier alpha value is -1.09. The van der Waals surface area contributed by atoms with E-state index in [1.807, 2.05) is 14.0 Å². The highest BCUT2D eigenvalue weighted by Gasteiger charge is 2.19. The first-order valence-corrected chi connectivity index (χ1v) is 8.54. The molecule has 1 N–H and O–H groups in total. The number of nitrogens with one attached hydrogen (secondary N) is 1. The highest BCUT2D eigenvalue weighted by atomic mass is 127. The van der Waals surface area contributed by atoms with Crippen LogP contribution in [-0.4, -0.2) is 57.4 Å². The fourth-order valence-electron chi connectivity index (χ4n) is 2.78. The van der Waals surface area contributed by atoms with Crippen LogP contribution in [0.25, 0.3) is 0 Å². The fraction of sp³-hybridized carbons (Fsp3) is 0.611. The number of ether oxygens (including phenoxy) is 2. The van der Waals surface area contributed by atoms with Crippen molar-refractivity contribution < 1.29 is 13.9 Å². The van der Waals surface area contributed by atoms with Gasteiger partial charge in [0, 0.05) is 33.2 Å². The number of halogens is 2. The van der Waals surface area contributed by atoms with E-state index in [0.29, 0.717) is 12.5 Å². The van der Waals surface area contributed by atoms with Gasteiger partial charge in [0.25, 0.3) is 0 Å². The van der Waals surface area contributed by atoms with Gasteiger partial charge in [0.15, 0.2) is 17.5 Å². The van der Waals surface area contributed by atoms with Crippen LogP contribution in [0.5, 0.6) is 5.75 Å². The van der Waals surface area contributed by atoms with E-state index in [1.165, 1.54) is 6.07 Å². The van der Waals surface area contributed by atoms with Crippen LogP contribution in [0.1, 0.15) is 19.8 Å². The van der Waals surface area contributed by atoms with Crippen LogP contribution < -0.4 is 10.1 Å². The average molecular weight is 465 g/mol. The van der Waals surface area contributed by atoms with Gasteiger partial charge in [-0.1, -0.05) is 19.1 Å². The van der Waals surface area contributed by atoms with Crippen LogP contribution in [-0.2, 0) is 4.74 Å². The molecule has 1 aromatic rings. The number of guanidine groups is 1. The second kappa shape index (κ2) is 11.5. The molecule has 1 saturated heterocycles. The summed E-state index contributed by atoms with van der Waals surface area (Å²) < 4.78 is 24.9. The van der Waals surface area contributed by atoms with Crippen LogP contribution in [0.3, 0.4) is 0 Å². The predicted octanol–water partition coefficient (Wildman–Crippen LogP) is 3.14. The van der Waals surface area contributed by atoms with Gasteiger partial charge in [-0.25, -0.2) is 4.39 Å². The molecule has 7 heteroatoms. The molecule has 5 nitrogen and oxygen atoms in total. The summed E-state index contributed by atoms with van der Waals surface area (Å²) in [6, 6.07) is 6.49. The van der Waals surface area contributed by atoms with Gasteiger partial charge in [-0.05, 0) is 25.0 Å². The molecule has 2 unspecified atom stereocenters. The van der Waals surface area contributed by atoms with Gasteiger partial charge < -0.3 is 19.7 Å². The first-order chi connectivity index (χ1) is 11.6.